The summed E-state index contributed by atoms with van der Waals surface area (Å²) in [4.78, 5) is 16.1. The fourth-order valence-electron chi connectivity index (χ4n) is 4.47. The molecule has 0 radical (unpaired) electrons. The van der Waals surface area contributed by atoms with E-state index in [9.17, 15) is 18.3 Å². The summed E-state index contributed by atoms with van der Waals surface area (Å²) in [6, 6.07) is 27.2. The number of sulfonamides is 1. The third-order valence-electron chi connectivity index (χ3n) is 6.98. The predicted molar refractivity (Wildman–Crippen MR) is 179 cm³/mol. The van der Waals surface area contributed by atoms with Gasteiger partial charge in [0.15, 0.2) is 0 Å². The van der Waals surface area contributed by atoms with Gasteiger partial charge in [-0.15, -0.1) is 0 Å². The van der Waals surface area contributed by atoms with E-state index in [1.807, 2.05) is 71.4 Å². The average molecular weight is 647 g/mol. The van der Waals surface area contributed by atoms with Gasteiger partial charge in [0.2, 0.25) is 10.0 Å². The maximum absolute atomic E-state index is 12.3. The van der Waals surface area contributed by atoms with Gasteiger partial charge in [-0.05, 0) is 84.6 Å². The number of carboxylic acid groups (broad SMARTS) is 1. The number of rotatable bonds is 10. The van der Waals surface area contributed by atoms with Crippen LogP contribution in [0.3, 0.4) is 0 Å². The highest BCUT2D eigenvalue weighted by Crippen LogP contribution is 2.31. The topological polar surface area (TPSA) is 101 Å². The normalized spacial score (nSPS) is 11.8. The lowest BCUT2D eigenvalue weighted by molar-refractivity contribution is 0.0697. The third-order valence-corrected chi connectivity index (χ3v) is 9.29. The summed E-state index contributed by atoms with van der Waals surface area (Å²) in [5, 5.41) is 9.72. The number of nitrogens with one attached hydrogen (secondary N) is 1. The Morgan fingerprint density at radius 2 is 1.66 bits per heavy atom. The van der Waals surface area contributed by atoms with Crippen LogP contribution in [-0.4, -0.2) is 34.3 Å². The van der Waals surface area contributed by atoms with Crippen LogP contribution in [-0.2, 0) is 16.6 Å². The Labute approximate surface area is 266 Å². The highest BCUT2D eigenvalue weighted by atomic mass is 35.5. The molecule has 44 heavy (non-hydrogen) atoms. The first-order chi connectivity index (χ1) is 21.0. The van der Waals surface area contributed by atoms with Gasteiger partial charge < -0.3 is 9.67 Å². The number of aromatic carboxylic acids is 1. The lowest BCUT2D eigenvalue weighted by atomic mass is 10.0. The van der Waals surface area contributed by atoms with Crippen molar-refractivity contribution in [2.45, 2.75) is 25.6 Å². The highest BCUT2D eigenvalue weighted by molar-refractivity contribution is 7.93. The first-order valence-electron chi connectivity index (χ1n) is 13.7. The van der Waals surface area contributed by atoms with Gasteiger partial charge in [-0.25, -0.2) is 18.2 Å². The molecule has 0 saturated carbocycles. The van der Waals surface area contributed by atoms with Crippen molar-refractivity contribution in [2.24, 2.45) is 0 Å². The van der Waals surface area contributed by atoms with E-state index in [0.717, 1.165) is 27.8 Å². The molecule has 10 heteroatoms. The maximum Gasteiger partial charge on any atom is 0.335 e. The van der Waals surface area contributed by atoms with Gasteiger partial charge in [-0.2, -0.15) is 0 Å². The van der Waals surface area contributed by atoms with Crippen molar-refractivity contribution in [1.29, 1.82) is 0 Å². The minimum Gasteiger partial charge on any atom is -0.478 e. The molecule has 0 amide bonds. The number of imidazole rings is 1. The molecule has 0 bridgehead atoms. The van der Waals surface area contributed by atoms with Crippen LogP contribution in [0.25, 0.3) is 34.5 Å². The van der Waals surface area contributed by atoms with Crippen molar-refractivity contribution in [3.05, 3.63) is 130 Å². The second-order valence-corrected chi connectivity index (χ2v) is 13.6. The molecule has 0 fully saturated rings. The minimum absolute atomic E-state index is 0.222. The Hall–Kier alpha value is -4.37. The Balaban J connectivity index is 1.41. The van der Waals surface area contributed by atoms with Crippen molar-refractivity contribution in [2.75, 3.05) is 4.72 Å². The summed E-state index contributed by atoms with van der Waals surface area (Å²) in [5.41, 5.74) is 5.85. The minimum atomic E-state index is -3.44. The molecule has 2 N–H and O–H groups in total. The smallest absolute Gasteiger partial charge is 0.335 e. The summed E-state index contributed by atoms with van der Waals surface area (Å²) in [6.45, 7) is 3.74. The number of halogens is 2. The van der Waals surface area contributed by atoms with E-state index >= 15 is 0 Å². The Morgan fingerprint density at radius 1 is 0.932 bits per heavy atom. The molecule has 0 atom stereocenters. The molecule has 0 aliphatic carbocycles. The molecule has 7 nitrogen and oxygen atoms in total. The zero-order valence-corrected chi connectivity index (χ0v) is 26.2. The molecule has 0 aliphatic rings. The molecular formula is C34H29Cl2N3O4S. The Morgan fingerprint density at radius 3 is 2.32 bits per heavy atom. The lowest BCUT2D eigenvalue weighted by Crippen LogP contribution is -2.22. The number of nitrogens with zero attached hydrogens (tertiary/aromatic N) is 2. The van der Waals surface area contributed by atoms with Crippen LogP contribution in [0.4, 0.5) is 5.69 Å². The summed E-state index contributed by atoms with van der Waals surface area (Å²) >= 11 is 12.6. The number of hydrogen-bond donors (Lipinski definition) is 2. The van der Waals surface area contributed by atoms with E-state index in [0.29, 0.717) is 33.8 Å². The summed E-state index contributed by atoms with van der Waals surface area (Å²) in [6.07, 6.45) is 5.77. The first-order valence-corrected chi connectivity index (χ1v) is 16.0. The molecule has 1 aromatic heterocycles. The second-order valence-electron chi connectivity index (χ2n) is 10.5. The molecule has 5 aromatic rings. The molecule has 4 aromatic carbocycles. The fourth-order valence-corrected chi connectivity index (χ4v) is 5.66. The van der Waals surface area contributed by atoms with E-state index in [1.54, 1.807) is 56.3 Å². The zero-order chi connectivity index (χ0) is 31.4. The second kappa shape index (κ2) is 13.1. The number of benzene rings is 4. The SMILES string of the molecule is CC(C)S(=O)(=O)Nc1cccc(-c2ccc(/C=C/c3nc(-c4ccc(Cl)cc4Cl)cn3Cc3ccc(C(=O)O)cc3)cc2)c1. The van der Waals surface area contributed by atoms with Crippen molar-refractivity contribution in [3.63, 3.8) is 0 Å². The van der Waals surface area contributed by atoms with Gasteiger partial charge in [-0.1, -0.05) is 77.8 Å². The van der Waals surface area contributed by atoms with Crippen LogP contribution < -0.4 is 4.72 Å². The van der Waals surface area contributed by atoms with E-state index in [2.05, 4.69) is 4.72 Å². The van der Waals surface area contributed by atoms with Crippen LogP contribution in [0.1, 0.15) is 41.2 Å². The number of aromatic nitrogens is 2. The molecule has 1 heterocycles. The summed E-state index contributed by atoms with van der Waals surface area (Å²) < 4.78 is 29.2. The summed E-state index contributed by atoms with van der Waals surface area (Å²) in [7, 11) is -3.44. The Bertz CT molecular complexity index is 1950. The van der Waals surface area contributed by atoms with Gasteiger partial charge in [0, 0.05) is 29.0 Å². The fraction of sp³-hybridized carbons (Fsp3) is 0.118. The van der Waals surface area contributed by atoms with Crippen LogP contribution in [0.15, 0.2) is 97.2 Å². The van der Waals surface area contributed by atoms with Gasteiger partial charge in [0.25, 0.3) is 0 Å². The number of carbonyl (C=O) groups is 1. The van der Waals surface area contributed by atoms with Gasteiger partial charge in [0.1, 0.15) is 5.82 Å². The standard InChI is InChI=1S/C34H29Cl2N3O4S/c1-22(2)44(42,43)38-29-5-3-4-27(18-29)25-11-6-23(7-12-25)10-17-33-37-32(30-16-15-28(35)19-31(30)36)21-39(33)20-24-8-13-26(14-9-24)34(40)41/h3-19,21-22,38H,20H2,1-2H3,(H,40,41)/b17-10+. The molecule has 0 spiro atoms. The predicted octanol–water partition coefficient (Wildman–Crippen LogP) is 8.59. The van der Waals surface area contributed by atoms with E-state index in [1.165, 1.54) is 0 Å². The molecule has 0 saturated heterocycles. The van der Waals surface area contributed by atoms with E-state index in [4.69, 9.17) is 28.2 Å². The maximum atomic E-state index is 12.3. The number of carboxylic acids is 1. The van der Waals surface area contributed by atoms with Crippen LogP contribution in [0.5, 0.6) is 0 Å². The molecule has 0 unspecified atom stereocenters. The number of anilines is 1. The van der Waals surface area contributed by atoms with Crippen LogP contribution in [0, 0.1) is 0 Å². The molecule has 0 aliphatic heterocycles. The third kappa shape index (κ3) is 7.39. The first kappa shape index (κ1) is 31.1. The molecule has 224 valence electrons. The molecular weight excluding hydrogens is 617 g/mol. The number of hydrogen-bond acceptors (Lipinski definition) is 4. The molecule has 5 rings (SSSR count). The Kier molecular flexibility index (Phi) is 9.25. The van der Waals surface area contributed by atoms with Crippen LogP contribution >= 0.6 is 23.2 Å². The van der Waals surface area contributed by atoms with E-state index in [-0.39, 0.29) is 5.56 Å². The van der Waals surface area contributed by atoms with Crippen molar-refractivity contribution >= 4 is 57.0 Å². The van der Waals surface area contributed by atoms with Crippen molar-refractivity contribution in [1.82, 2.24) is 9.55 Å². The van der Waals surface area contributed by atoms with Gasteiger partial charge >= 0.3 is 5.97 Å². The van der Waals surface area contributed by atoms with Gasteiger partial charge in [-0.3, -0.25) is 4.72 Å². The largest absolute Gasteiger partial charge is 0.478 e. The quantitative estimate of drug-likeness (QED) is 0.158. The van der Waals surface area contributed by atoms with Crippen molar-refractivity contribution in [3.8, 4) is 22.4 Å². The van der Waals surface area contributed by atoms with Crippen molar-refractivity contribution < 1.29 is 18.3 Å². The van der Waals surface area contributed by atoms with Crippen LogP contribution in [0.2, 0.25) is 10.0 Å². The zero-order valence-electron chi connectivity index (χ0n) is 23.9. The monoisotopic (exact) mass is 645 g/mol. The van der Waals surface area contributed by atoms with E-state index < -0.39 is 21.2 Å². The summed E-state index contributed by atoms with van der Waals surface area (Å²) in [5.74, 6) is -0.292. The van der Waals surface area contributed by atoms with Gasteiger partial charge in [0.05, 0.1) is 21.5 Å². The average Bonchev–Trinajstić information content (AvgIpc) is 3.38. The highest BCUT2D eigenvalue weighted by Gasteiger charge is 2.16. The lowest BCUT2D eigenvalue weighted by Gasteiger charge is -2.12.